The van der Waals surface area contributed by atoms with Crippen molar-refractivity contribution in [2.75, 3.05) is 5.75 Å². The number of fused-ring (bicyclic) bond motifs is 3. The largest absolute Gasteiger partial charge is 0.390 e. The molecule has 0 fully saturated rings. The number of Topliss-reactive ketones (excluding diaryl/α,β-unsaturated/α-hetero) is 1. The zero-order valence-corrected chi connectivity index (χ0v) is 15.8. The molecule has 4 rings (SSSR count). The van der Waals surface area contributed by atoms with E-state index in [1.165, 1.54) is 16.5 Å². The summed E-state index contributed by atoms with van der Waals surface area (Å²) in [5, 5.41) is 11.8. The number of hydrogen-bond donors (Lipinski definition) is 1. The first kappa shape index (κ1) is 17.4. The van der Waals surface area contributed by atoms with Gasteiger partial charge in [-0.1, -0.05) is 29.8 Å². The first-order valence-corrected chi connectivity index (χ1v) is 10.1. The van der Waals surface area contributed by atoms with Gasteiger partial charge in [-0.2, -0.15) is 0 Å². The van der Waals surface area contributed by atoms with Gasteiger partial charge in [-0.3, -0.25) is 4.79 Å². The van der Waals surface area contributed by atoms with Gasteiger partial charge in [0.15, 0.2) is 5.78 Å². The van der Waals surface area contributed by atoms with E-state index in [1.807, 2.05) is 18.2 Å². The fourth-order valence-corrected chi connectivity index (χ4v) is 4.66. The van der Waals surface area contributed by atoms with Crippen LogP contribution in [0.1, 0.15) is 34.5 Å². The van der Waals surface area contributed by atoms with Gasteiger partial charge < -0.3 is 9.67 Å². The van der Waals surface area contributed by atoms with E-state index in [-0.39, 0.29) is 5.78 Å². The molecule has 3 aromatic rings. The van der Waals surface area contributed by atoms with Crippen molar-refractivity contribution in [3.05, 3.63) is 65.4 Å². The molecule has 134 valence electrons. The molecular weight excluding hydrogens is 342 g/mol. The molecule has 1 N–H and O–H groups in total. The Labute approximate surface area is 158 Å². The molecule has 0 amide bonds. The topological polar surface area (TPSA) is 42.2 Å². The van der Waals surface area contributed by atoms with Crippen molar-refractivity contribution in [3.63, 3.8) is 0 Å². The second kappa shape index (κ2) is 7.29. The first-order valence-electron chi connectivity index (χ1n) is 9.14. The molecule has 1 aromatic heterocycles. The predicted octanol–water partition coefficient (Wildman–Crippen LogP) is 4.62. The van der Waals surface area contributed by atoms with Gasteiger partial charge in [-0.05, 0) is 49.6 Å². The fourth-order valence-electron chi connectivity index (χ4n) is 3.82. The van der Waals surface area contributed by atoms with Crippen molar-refractivity contribution < 1.29 is 9.90 Å². The summed E-state index contributed by atoms with van der Waals surface area (Å²) in [7, 11) is 0. The van der Waals surface area contributed by atoms with Crippen LogP contribution in [0, 0.1) is 6.92 Å². The predicted molar refractivity (Wildman–Crippen MR) is 107 cm³/mol. The maximum absolute atomic E-state index is 12.6. The summed E-state index contributed by atoms with van der Waals surface area (Å²) >= 11 is 1.65. The Morgan fingerprint density at radius 2 is 1.96 bits per heavy atom. The molecule has 0 radical (unpaired) electrons. The molecule has 1 atom stereocenters. The molecule has 0 aliphatic heterocycles. The number of carbonyl (C=O) groups is 1. The average Bonchev–Trinajstić information content (AvgIpc) is 2.95. The number of nitrogens with zero attached hydrogens (tertiary/aromatic N) is 1. The Kier molecular flexibility index (Phi) is 4.88. The Morgan fingerprint density at radius 3 is 2.77 bits per heavy atom. The van der Waals surface area contributed by atoms with Crippen molar-refractivity contribution in [1.29, 1.82) is 0 Å². The molecule has 0 bridgehead atoms. The number of aromatic nitrogens is 1. The van der Waals surface area contributed by atoms with E-state index in [9.17, 15) is 9.90 Å². The van der Waals surface area contributed by atoms with E-state index in [0.29, 0.717) is 18.7 Å². The standard InChI is InChI=1S/C22H23NO2S/c1-15-10-11-20-19(12-15)18-8-5-9-21(25)22(18)23(20)13-16(24)14-26-17-6-3-2-4-7-17/h2-4,6-7,10-12,16,24H,5,8-9,13-14H2,1H3/t16-/m1/s1. The van der Waals surface area contributed by atoms with Gasteiger partial charge in [0, 0.05) is 28.0 Å². The highest BCUT2D eigenvalue weighted by Gasteiger charge is 2.26. The number of rotatable bonds is 5. The summed E-state index contributed by atoms with van der Waals surface area (Å²) < 4.78 is 2.06. The maximum Gasteiger partial charge on any atom is 0.179 e. The third-order valence-corrected chi connectivity index (χ3v) is 6.15. The van der Waals surface area contributed by atoms with Crippen LogP contribution in [-0.4, -0.2) is 27.3 Å². The van der Waals surface area contributed by atoms with E-state index in [4.69, 9.17) is 0 Å². The SMILES string of the molecule is Cc1ccc2c(c1)c1c(n2C[C@@H](O)CSc2ccccc2)C(=O)CCC1. The van der Waals surface area contributed by atoms with Gasteiger partial charge in [0.1, 0.15) is 0 Å². The Morgan fingerprint density at radius 1 is 1.15 bits per heavy atom. The van der Waals surface area contributed by atoms with Crippen molar-refractivity contribution in [1.82, 2.24) is 4.57 Å². The van der Waals surface area contributed by atoms with E-state index < -0.39 is 6.10 Å². The van der Waals surface area contributed by atoms with E-state index in [0.717, 1.165) is 28.9 Å². The molecule has 0 saturated heterocycles. The fraction of sp³-hybridized carbons (Fsp3) is 0.318. The minimum Gasteiger partial charge on any atom is -0.390 e. The van der Waals surface area contributed by atoms with Crippen LogP contribution in [0.2, 0.25) is 0 Å². The summed E-state index contributed by atoms with van der Waals surface area (Å²) in [6.07, 6.45) is 1.97. The zero-order valence-electron chi connectivity index (χ0n) is 14.9. The van der Waals surface area contributed by atoms with Crippen LogP contribution in [0.25, 0.3) is 10.9 Å². The van der Waals surface area contributed by atoms with Crippen molar-refractivity contribution >= 4 is 28.4 Å². The number of aliphatic hydroxyl groups excluding tert-OH is 1. The lowest BCUT2D eigenvalue weighted by molar-refractivity contribution is 0.0959. The maximum atomic E-state index is 12.6. The molecule has 2 aromatic carbocycles. The van der Waals surface area contributed by atoms with Crippen LogP contribution in [0.4, 0.5) is 0 Å². The second-order valence-corrected chi connectivity index (χ2v) is 8.11. The lowest BCUT2D eigenvalue weighted by Gasteiger charge is -2.18. The molecule has 0 saturated carbocycles. The highest BCUT2D eigenvalue weighted by atomic mass is 32.2. The van der Waals surface area contributed by atoms with E-state index in [1.54, 1.807) is 11.8 Å². The quantitative estimate of drug-likeness (QED) is 0.671. The third kappa shape index (κ3) is 3.31. The molecule has 1 aliphatic carbocycles. The number of thioether (sulfide) groups is 1. The zero-order chi connectivity index (χ0) is 18.1. The molecule has 1 aliphatic rings. The lowest BCUT2D eigenvalue weighted by Crippen LogP contribution is -2.23. The average molecular weight is 365 g/mol. The normalized spacial score (nSPS) is 15.2. The number of hydrogen-bond acceptors (Lipinski definition) is 3. The first-order chi connectivity index (χ1) is 12.6. The highest BCUT2D eigenvalue weighted by molar-refractivity contribution is 7.99. The summed E-state index contributed by atoms with van der Waals surface area (Å²) in [5.41, 5.74) is 4.26. The van der Waals surface area contributed by atoms with Crippen LogP contribution in [-0.2, 0) is 13.0 Å². The molecule has 1 heterocycles. The molecular formula is C22H23NO2S. The van der Waals surface area contributed by atoms with Gasteiger partial charge in [-0.25, -0.2) is 0 Å². The van der Waals surface area contributed by atoms with Crippen molar-refractivity contribution in [2.24, 2.45) is 0 Å². The van der Waals surface area contributed by atoms with Gasteiger partial charge in [0.2, 0.25) is 0 Å². The van der Waals surface area contributed by atoms with Gasteiger partial charge in [-0.15, -0.1) is 11.8 Å². The summed E-state index contributed by atoms with van der Waals surface area (Å²) in [6, 6.07) is 16.5. The minimum atomic E-state index is -0.504. The second-order valence-electron chi connectivity index (χ2n) is 7.01. The van der Waals surface area contributed by atoms with Gasteiger partial charge in [0.05, 0.1) is 18.3 Å². The minimum absolute atomic E-state index is 0.211. The smallest absolute Gasteiger partial charge is 0.179 e. The van der Waals surface area contributed by atoms with Crippen LogP contribution in [0.3, 0.4) is 0 Å². The number of aliphatic hydroxyl groups is 1. The lowest BCUT2D eigenvalue weighted by atomic mass is 9.94. The number of carbonyl (C=O) groups excluding carboxylic acids is 1. The monoisotopic (exact) mass is 365 g/mol. The third-order valence-electron chi connectivity index (χ3n) is 5.00. The highest BCUT2D eigenvalue weighted by Crippen LogP contribution is 2.33. The molecule has 26 heavy (non-hydrogen) atoms. The Bertz CT molecular complexity index is 946. The molecule has 0 spiro atoms. The van der Waals surface area contributed by atoms with Crippen molar-refractivity contribution in [3.8, 4) is 0 Å². The molecule has 3 nitrogen and oxygen atoms in total. The Hall–Kier alpha value is -2.04. The Balaban J connectivity index is 1.63. The van der Waals surface area contributed by atoms with Crippen LogP contribution >= 0.6 is 11.8 Å². The van der Waals surface area contributed by atoms with Gasteiger partial charge in [0.25, 0.3) is 0 Å². The van der Waals surface area contributed by atoms with Crippen LogP contribution in [0.5, 0.6) is 0 Å². The summed E-state index contributed by atoms with van der Waals surface area (Å²) in [5.74, 6) is 0.821. The van der Waals surface area contributed by atoms with E-state index in [2.05, 4.69) is 41.8 Å². The number of aryl methyl sites for hydroxylation is 2. The summed E-state index contributed by atoms with van der Waals surface area (Å²) in [4.78, 5) is 13.8. The number of benzene rings is 2. The van der Waals surface area contributed by atoms with E-state index >= 15 is 0 Å². The van der Waals surface area contributed by atoms with Crippen LogP contribution in [0.15, 0.2) is 53.4 Å². The molecule has 0 unspecified atom stereocenters. The molecule has 4 heteroatoms. The van der Waals surface area contributed by atoms with Gasteiger partial charge >= 0.3 is 0 Å². The number of ketones is 1. The van der Waals surface area contributed by atoms with Crippen molar-refractivity contribution in [2.45, 2.75) is 43.7 Å². The summed E-state index contributed by atoms with van der Waals surface area (Å²) in [6.45, 7) is 2.54. The van der Waals surface area contributed by atoms with Crippen LogP contribution < -0.4 is 0 Å².